The van der Waals surface area contributed by atoms with Crippen LogP contribution in [0.4, 0.5) is 0 Å². The molecule has 0 amide bonds. The van der Waals surface area contributed by atoms with Gasteiger partial charge in [-0.2, -0.15) is 0 Å². The summed E-state index contributed by atoms with van der Waals surface area (Å²) in [5.74, 6) is 1.01. The fraction of sp³-hybridized carbons (Fsp3) is 0.231. The number of hydrogen-bond donors (Lipinski definition) is 1. The van der Waals surface area contributed by atoms with E-state index in [9.17, 15) is 4.79 Å². The van der Waals surface area contributed by atoms with Crippen LogP contribution in [0.2, 0.25) is 10.0 Å². The second-order valence-corrected chi connectivity index (χ2v) is 8.72. The normalized spacial score (nSPS) is 14.7. The van der Waals surface area contributed by atoms with Gasteiger partial charge in [0, 0.05) is 28.1 Å². The Morgan fingerprint density at radius 1 is 1.06 bits per heavy atom. The summed E-state index contributed by atoms with van der Waals surface area (Å²) in [6.45, 7) is 0.880. The van der Waals surface area contributed by atoms with Crippen molar-refractivity contribution in [3.63, 3.8) is 0 Å². The van der Waals surface area contributed by atoms with E-state index in [0.717, 1.165) is 11.1 Å². The van der Waals surface area contributed by atoms with Gasteiger partial charge in [0.15, 0.2) is 0 Å². The lowest BCUT2D eigenvalue weighted by molar-refractivity contribution is -0.137. The molecule has 0 bridgehead atoms. The van der Waals surface area contributed by atoms with E-state index in [1.165, 1.54) is 7.11 Å². The van der Waals surface area contributed by atoms with Crippen molar-refractivity contribution < 1.29 is 28.9 Å². The lowest BCUT2D eigenvalue weighted by Crippen LogP contribution is -2.14. The molecule has 1 heterocycles. The molecule has 9 heteroatoms. The number of oxime groups is 1. The number of carboxylic acid groups (broad SMARTS) is 1. The molecule has 35 heavy (non-hydrogen) atoms. The Labute approximate surface area is 212 Å². The van der Waals surface area contributed by atoms with Crippen molar-refractivity contribution in [3.05, 3.63) is 87.4 Å². The predicted molar refractivity (Wildman–Crippen MR) is 133 cm³/mol. The number of carbonyl (C=O) groups is 1. The van der Waals surface area contributed by atoms with Crippen molar-refractivity contribution >= 4 is 34.9 Å². The number of rotatable bonds is 10. The van der Waals surface area contributed by atoms with E-state index < -0.39 is 5.97 Å². The highest BCUT2D eigenvalue weighted by molar-refractivity contribution is 6.37. The molecule has 1 atom stereocenters. The van der Waals surface area contributed by atoms with Gasteiger partial charge in [0.1, 0.15) is 43.3 Å². The van der Waals surface area contributed by atoms with Crippen LogP contribution in [0.25, 0.3) is 0 Å². The lowest BCUT2D eigenvalue weighted by atomic mass is 9.98. The molecule has 0 fully saturated rings. The van der Waals surface area contributed by atoms with Gasteiger partial charge in [-0.15, -0.1) is 0 Å². The molecule has 0 aliphatic carbocycles. The van der Waals surface area contributed by atoms with E-state index in [2.05, 4.69) is 5.16 Å². The smallest absolute Gasteiger partial charge is 0.304 e. The quantitative estimate of drug-likeness (QED) is 0.265. The summed E-state index contributed by atoms with van der Waals surface area (Å²) in [4.78, 5) is 15.9. The summed E-state index contributed by atoms with van der Waals surface area (Å²) in [6, 6.07) is 18.1. The molecule has 7 nitrogen and oxygen atoms in total. The molecule has 0 spiro atoms. The highest BCUT2D eigenvalue weighted by Gasteiger charge is 2.26. The highest BCUT2D eigenvalue weighted by Crippen LogP contribution is 2.38. The average Bonchev–Trinajstić information content (AvgIpc) is 3.22. The zero-order valence-corrected chi connectivity index (χ0v) is 20.4. The van der Waals surface area contributed by atoms with E-state index in [1.54, 1.807) is 24.3 Å². The summed E-state index contributed by atoms with van der Waals surface area (Å²) in [5.41, 5.74) is 3.06. The van der Waals surface area contributed by atoms with Crippen LogP contribution in [-0.4, -0.2) is 37.1 Å². The molecular formula is C26H23Cl2NO6. The summed E-state index contributed by atoms with van der Waals surface area (Å²) in [5, 5.41) is 14.0. The Hall–Kier alpha value is -3.42. The Balaban J connectivity index is 1.33. The second-order valence-electron chi connectivity index (χ2n) is 7.87. The number of hydrogen-bond acceptors (Lipinski definition) is 6. The monoisotopic (exact) mass is 515 g/mol. The minimum atomic E-state index is -0.838. The zero-order chi connectivity index (χ0) is 24.8. The van der Waals surface area contributed by atoms with E-state index in [1.807, 2.05) is 36.4 Å². The van der Waals surface area contributed by atoms with Crippen LogP contribution in [-0.2, 0) is 16.2 Å². The first-order chi connectivity index (χ1) is 16.9. The standard InChI is InChI=1S/C26H23Cl2NO6/c1-32-29-24(22-8-4-18(27)11-23(22)28)15-34-19-5-2-16(3-6-19)13-33-20-7-9-21-17(10-26(30)31)14-35-25(21)12-20/h2-9,11-12,17H,10,13-15H2,1H3,(H,30,31). The molecule has 0 aromatic heterocycles. The van der Waals surface area contributed by atoms with Crippen molar-refractivity contribution in [1.82, 2.24) is 0 Å². The SMILES string of the molecule is CON=C(COc1ccc(COc2ccc3c(c2)OCC3CC(=O)O)cc1)c1ccc(Cl)cc1Cl. The number of fused-ring (bicyclic) bond motifs is 1. The molecule has 3 aromatic rings. The fourth-order valence-corrected chi connectivity index (χ4v) is 4.23. The van der Waals surface area contributed by atoms with Crippen LogP contribution < -0.4 is 14.2 Å². The van der Waals surface area contributed by atoms with Crippen molar-refractivity contribution in [1.29, 1.82) is 0 Å². The maximum Gasteiger partial charge on any atom is 0.304 e. The summed E-state index contributed by atoms with van der Waals surface area (Å²) in [6.07, 6.45) is 0.0488. The molecule has 1 aliphatic rings. The Bertz CT molecular complexity index is 1230. The fourth-order valence-electron chi connectivity index (χ4n) is 3.71. The third kappa shape index (κ3) is 6.38. The van der Waals surface area contributed by atoms with E-state index in [-0.39, 0.29) is 18.9 Å². The minimum absolute atomic E-state index is 0.0488. The van der Waals surface area contributed by atoms with Gasteiger partial charge in [-0.3, -0.25) is 4.79 Å². The lowest BCUT2D eigenvalue weighted by Gasteiger charge is -2.12. The maximum absolute atomic E-state index is 11.0. The predicted octanol–water partition coefficient (Wildman–Crippen LogP) is 5.95. The molecule has 1 unspecified atom stereocenters. The van der Waals surface area contributed by atoms with Gasteiger partial charge in [-0.05, 0) is 42.0 Å². The molecule has 4 rings (SSSR count). The van der Waals surface area contributed by atoms with Crippen molar-refractivity contribution in [3.8, 4) is 17.2 Å². The Kier molecular flexibility index (Phi) is 8.00. The summed E-state index contributed by atoms with van der Waals surface area (Å²) >= 11 is 12.3. The molecule has 0 saturated heterocycles. The van der Waals surface area contributed by atoms with Crippen LogP contribution in [0.3, 0.4) is 0 Å². The van der Waals surface area contributed by atoms with Gasteiger partial charge in [0.05, 0.1) is 18.1 Å². The number of carboxylic acids is 1. The van der Waals surface area contributed by atoms with Gasteiger partial charge in [0.25, 0.3) is 0 Å². The van der Waals surface area contributed by atoms with Crippen LogP contribution in [0.15, 0.2) is 65.8 Å². The minimum Gasteiger partial charge on any atom is -0.492 e. The molecular weight excluding hydrogens is 493 g/mol. The van der Waals surface area contributed by atoms with E-state index >= 15 is 0 Å². The molecule has 182 valence electrons. The molecule has 1 aliphatic heterocycles. The number of ether oxygens (including phenoxy) is 3. The highest BCUT2D eigenvalue weighted by atomic mass is 35.5. The molecule has 0 radical (unpaired) electrons. The number of aliphatic carboxylic acids is 1. The van der Waals surface area contributed by atoms with Crippen molar-refractivity contribution in [2.24, 2.45) is 5.16 Å². The zero-order valence-electron chi connectivity index (χ0n) is 18.9. The van der Waals surface area contributed by atoms with Gasteiger partial charge >= 0.3 is 5.97 Å². The Morgan fingerprint density at radius 2 is 1.83 bits per heavy atom. The van der Waals surface area contributed by atoms with E-state index in [4.69, 9.17) is 47.4 Å². The third-order valence-corrected chi connectivity index (χ3v) is 5.98. The van der Waals surface area contributed by atoms with Crippen LogP contribution in [0.5, 0.6) is 17.2 Å². The van der Waals surface area contributed by atoms with Crippen LogP contribution in [0.1, 0.15) is 29.0 Å². The van der Waals surface area contributed by atoms with Crippen molar-refractivity contribution in [2.45, 2.75) is 18.9 Å². The molecule has 1 N–H and O–H groups in total. The first-order valence-corrected chi connectivity index (χ1v) is 11.6. The number of nitrogens with zero attached hydrogens (tertiary/aromatic N) is 1. The number of benzene rings is 3. The van der Waals surface area contributed by atoms with Gasteiger partial charge in [-0.25, -0.2) is 0 Å². The van der Waals surface area contributed by atoms with Gasteiger partial charge in [-0.1, -0.05) is 46.6 Å². The molecule has 0 saturated carbocycles. The Morgan fingerprint density at radius 3 is 2.54 bits per heavy atom. The van der Waals surface area contributed by atoms with Crippen molar-refractivity contribution in [2.75, 3.05) is 20.3 Å². The molecule has 3 aromatic carbocycles. The largest absolute Gasteiger partial charge is 0.492 e. The topological polar surface area (TPSA) is 86.6 Å². The first-order valence-electron chi connectivity index (χ1n) is 10.8. The van der Waals surface area contributed by atoms with Gasteiger partial charge < -0.3 is 24.2 Å². The third-order valence-electron chi connectivity index (χ3n) is 5.43. The second kappa shape index (κ2) is 11.3. The summed E-state index contributed by atoms with van der Waals surface area (Å²) in [7, 11) is 1.46. The van der Waals surface area contributed by atoms with Crippen LogP contribution in [0, 0.1) is 0 Å². The number of halogens is 2. The van der Waals surface area contributed by atoms with E-state index in [0.29, 0.717) is 51.8 Å². The first kappa shape index (κ1) is 24.7. The summed E-state index contributed by atoms with van der Waals surface area (Å²) < 4.78 is 17.4. The van der Waals surface area contributed by atoms with Gasteiger partial charge in [0.2, 0.25) is 0 Å². The van der Waals surface area contributed by atoms with Crippen LogP contribution >= 0.6 is 23.2 Å². The average molecular weight is 516 g/mol. The maximum atomic E-state index is 11.0.